The standard InChI is InChI=1S/C17H28N2O3S/c1-5-10-19(15-6-8-18-9-7-15)23(20,21)16-12-13(2)11-14(3)17(16)22-4/h11-12,15,18H,5-10H2,1-4H3. The molecule has 1 fully saturated rings. The van der Waals surface area contributed by atoms with Crippen LogP contribution in [0.5, 0.6) is 5.75 Å². The highest BCUT2D eigenvalue weighted by Gasteiger charge is 2.34. The molecule has 5 nitrogen and oxygen atoms in total. The Bertz CT molecular complexity index is 637. The minimum absolute atomic E-state index is 0.0618. The van der Waals surface area contributed by atoms with Gasteiger partial charge in [0.25, 0.3) is 0 Å². The van der Waals surface area contributed by atoms with Crippen LogP contribution in [0.4, 0.5) is 0 Å². The van der Waals surface area contributed by atoms with Crippen LogP contribution < -0.4 is 10.1 Å². The minimum Gasteiger partial charge on any atom is -0.495 e. The lowest BCUT2D eigenvalue weighted by molar-refractivity contribution is 0.261. The van der Waals surface area contributed by atoms with Crippen LogP contribution in [0.2, 0.25) is 0 Å². The topological polar surface area (TPSA) is 58.6 Å². The van der Waals surface area contributed by atoms with Crippen molar-refractivity contribution in [2.24, 2.45) is 0 Å². The zero-order valence-electron chi connectivity index (χ0n) is 14.6. The number of piperidine rings is 1. The number of sulfonamides is 1. The summed E-state index contributed by atoms with van der Waals surface area (Å²) in [5.41, 5.74) is 1.79. The largest absolute Gasteiger partial charge is 0.495 e. The first-order valence-electron chi connectivity index (χ1n) is 8.29. The molecule has 0 unspecified atom stereocenters. The number of nitrogens with one attached hydrogen (secondary N) is 1. The van der Waals surface area contributed by atoms with Crippen LogP contribution in [0.3, 0.4) is 0 Å². The number of hydrogen-bond acceptors (Lipinski definition) is 4. The summed E-state index contributed by atoms with van der Waals surface area (Å²) in [5.74, 6) is 0.464. The van der Waals surface area contributed by atoms with E-state index >= 15 is 0 Å². The van der Waals surface area contributed by atoms with Gasteiger partial charge in [-0.1, -0.05) is 13.0 Å². The Labute approximate surface area is 140 Å². The summed E-state index contributed by atoms with van der Waals surface area (Å²) in [6, 6.07) is 3.74. The highest BCUT2D eigenvalue weighted by molar-refractivity contribution is 7.89. The van der Waals surface area contributed by atoms with E-state index in [9.17, 15) is 8.42 Å². The number of ether oxygens (including phenoxy) is 1. The molecule has 1 heterocycles. The predicted octanol–water partition coefficient (Wildman–Crippen LogP) is 2.46. The van der Waals surface area contributed by atoms with Crippen LogP contribution >= 0.6 is 0 Å². The Morgan fingerprint density at radius 3 is 2.48 bits per heavy atom. The van der Waals surface area contributed by atoms with Crippen LogP contribution in [-0.4, -0.2) is 45.5 Å². The number of aryl methyl sites for hydroxylation is 2. The molecule has 1 aliphatic rings. The van der Waals surface area contributed by atoms with E-state index in [2.05, 4.69) is 5.32 Å². The van der Waals surface area contributed by atoms with Gasteiger partial charge < -0.3 is 10.1 Å². The molecule has 0 radical (unpaired) electrons. The van der Waals surface area contributed by atoms with Crippen molar-refractivity contribution in [3.63, 3.8) is 0 Å². The number of nitrogens with zero attached hydrogens (tertiary/aromatic N) is 1. The average molecular weight is 340 g/mol. The summed E-state index contributed by atoms with van der Waals surface area (Å²) < 4.78 is 33.8. The first kappa shape index (κ1) is 18.2. The van der Waals surface area contributed by atoms with Gasteiger partial charge in [-0.25, -0.2) is 8.42 Å². The van der Waals surface area contributed by atoms with E-state index in [-0.39, 0.29) is 6.04 Å². The van der Waals surface area contributed by atoms with E-state index in [1.807, 2.05) is 26.8 Å². The smallest absolute Gasteiger partial charge is 0.247 e. The summed E-state index contributed by atoms with van der Waals surface area (Å²) in [6.45, 7) is 8.10. The molecule has 0 spiro atoms. The molecule has 0 saturated carbocycles. The van der Waals surface area contributed by atoms with E-state index < -0.39 is 10.0 Å². The van der Waals surface area contributed by atoms with Gasteiger partial charge in [0.2, 0.25) is 10.0 Å². The first-order chi connectivity index (χ1) is 10.9. The lowest BCUT2D eigenvalue weighted by atomic mass is 10.1. The second-order valence-electron chi connectivity index (χ2n) is 6.21. The molecule has 1 N–H and O–H groups in total. The number of methoxy groups -OCH3 is 1. The molecule has 0 bridgehead atoms. The van der Waals surface area contributed by atoms with Crippen molar-refractivity contribution in [1.29, 1.82) is 0 Å². The third kappa shape index (κ3) is 3.87. The molecule has 1 aromatic rings. The molecular formula is C17H28N2O3S. The second-order valence-corrected chi connectivity index (χ2v) is 8.07. The first-order valence-corrected chi connectivity index (χ1v) is 9.73. The number of benzene rings is 1. The Kier molecular flexibility index (Phi) is 6.06. The molecule has 2 rings (SSSR count). The van der Waals surface area contributed by atoms with Gasteiger partial charge in [0.15, 0.2) is 0 Å². The molecule has 0 atom stereocenters. The fourth-order valence-electron chi connectivity index (χ4n) is 3.31. The lowest BCUT2D eigenvalue weighted by Gasteiger charge is -2.34. The molecule has 6 heteroatoms. The van der Waals surface area contributed by atoms with Crippen molar-refractivity contribution in [2.45, 2.75) is 51.0 Å². The normalized spacial score (nSPS) is 16.7. The van der Waals surface area contributed by atoms with Gasteiger partial charge in [0.1, 0.15) is 10.6 Å². The number of hydrogen-bond donors (Lipinski definition) is 1. The minimum atomic E-state index is -3.57. The summed E-state index contributed by atoms with van der Waals surface area (Å²) in [7, 11) is -2.04. The van der Waals surface area contributed by atoms with E-state index in [0.717, 1.165) is 43.5 Å². The molecule has 130 valence electrons. The Hall–Kier alpha value is -1.11. The Morgan fingerprint density at radius 1 is 1.26 bits per heavy atom. The van der Waals surface area contributed by atoms with Gasteiger partial charge in [-0.2, -0.15) is 4.31 Å². The maximum atomic E-state index is 13.3. The molecule has 1 aliphatic heterocycles. The Morgan fingerprint density at radius 2 is 1.91 bits per heavy atom. The van der Waals surface area contributed by atoms with Crippen molar-refractivity contribution in [1.82, 2.24) is 9.62 Å². The van der Waals surface area contributed by atoms with Crippen LogP contribution in [0.15, 0.2) is 17.0 Å². The zero-order valence-corrected chi connectivity index (χ0v) is 15.4. The maximum Gasteiger partial charge on any atom is 0.247 e. The van der Waals surface area contributed by atoms with Crippen molar-refractivity contribution < 1.29 is 13.2 Å². The molecular weight excluding hydrogens is 312 g/mol. The van der Waals surface area contributed by atoms with Crippen molar-refractivity contribution >= 4 is 10.0 Å². The van der Waals surface area contributed by atoms with E-state index in [1.54, 1.807) is 10.4 Å². The molecule has 23 heavy (non-hydrogen) atoms. The third-order valence-corrected chi connectivity index (χ3v) is 6.29. The molecule has 0 amide bonds. The summed E-state index contributed by atoms with van der Waals surface area (Å²) >= 11 is 0. The molecule has 1 saturated heterocycles. The van der Waals surface area contributed by atoms with E-state index in [4.69, 9.17) is 4.74 Å². The highest BCUT2D eigenvalue weighted by atomic mass is 32.2. The zero-order chi connectivity index (χ0) is 17.0. The SMILES string of the molecule is CCCN(C1CCNCC1)S(=O)(=O)c1cc(C)cc(C)c1OC. The summed E-state index contributed by atoms with van der Waals surface area (Å²) in [4.78, 5) is 0.296. The van der Waals surface area contributed by atoms with Gasteiger partial charge >= 0.3 is 0 Å². The molecule has 0 aromatic heterocycles. The summed E-state index contributed by atoms with van der Waals surface area (Å²) in [6.07, 6.45) is 2.51. The molecule has 1 aromatic carbocycles. The van der Waals surface area contributed by atoms with Crippen molar-refractivity contribution in [2.75, 3.05) is 26.7 Å². The van der Waals surface area contributed by atoms with E-state index in [1.165, 1.54) is 7.11 Å². The third-order valence-electron chi connectivity index (χ3n) is 4.34. The van der Waals surface area contributed by atoms with Crippen molar-refractivity contribution in [3.05, 3.63) is 23.3 Å². The van der Waals surface area contributed by atoms with Crippen molar-refractivity contribution in [3.8, 4) is 5.75 Å². The van der Waals surface area contributed by atoms with Crippen LogP contribution in [0.1, 0.15) is 37.3 Å². The van der Waals surface area contributed by atoms with Gasteiger partial charge in [0, 0.05) is 12.6 Å². The highest BCUT2D eigenvalue weighted by Crippen LogP contribution is 2.33. The quantitative estimate of drug-likeness (QED) is 0.864. The Balaban J connectivity index is 2.49. The van der Waals surface area contributed by atoms with Crippen LogP contribution in [0, 0.1) is 13.8 Å². The van der Waals surface area contributed by atoms with Gasteiger partial charge in [0.05, 0.1) is 7.11 Å². The molecule has 0 aliphatic carbocycles. The van der Waals surface area contributed by atoms with E-state index in [0.29, 0.717) is 17.2 Å². The lowest BCUT2D eigenvalue weighted by Crippen LogP contribution is -2.46. The average Bonchev–Trinajstić information content (AvgIpc) is 2.52. The van der Waals surface area contributed by atoms with Gasteiger partial charge in [-0.3, -0.25) is 0 Å². The maximum absolute atomic E-state index is 13.3. The number of rotatable bonds is 6. The fourth-order valence-corrected chi connectivity index (χ4v) is 5.40. The van der Waals surface area contributed by atoms with Gasteiger partial charge in [-0.15, -0.1) is 0 Å². The monoisotopic (exact) mass is 340 g/mol. The van der Waals surface area contributed by atoms with Gasteiger partial charge in [-0.05, 0) is 63.4 Å². The van der Waals surface area contributed by atoms with Crippen LogP contribution in [-0.2, 0) is 10.0 Å². The summed E-state index contributed by atoms with van der Waals surface area (Å²) in [5, 5.41) is 3.30. The predicted molar refractivity (Wildman–Crippen MR) is 92.5 cm³/mol. The fraction of sp³-hybridized carbons (Fsp3) is 0.647. The second kappa shape index (κ2) is 7.64. The van der Waals surface area contributed by atoms with Crippen LogP contribution in [0.25, 0.3) is 0 Å².